The van der Waals surface area contributed by atoms with Gasteiger partial charge in [0.2, 0.25) is 0 Å². The number of rotatable bonds is 4. The summed E-state index contributed by atoms with van der Waals surface area (Å²) in [5.41, 5.74) is 6.61. The van der Waals surface area contributed by atoms with Crippen LogP contribution >= 0.6 is 11.3 Å². The molecule has 0 saturated heterocycles. The topological polar surface area (TPSA) is 63.3 Å². The number of hydrogen-bond acceptors (Lipinski definition) is 3. The number of aryl methyl sites for hydroxylation is 1. The SMILES string of the molecule is CCCNC(N)=NCc1csc(C)n1. The third kappa shape index (κ3) is 3.74. The zero-order valence-corrected chi connectivity index (χ0v) is 9.40. The van der Waals surface area contributed by atoms with Crippen LogP contribution in [0.25, 0.3) is 0 Å². The molecule has 0 unspecified atom stereocenters. The van der Waals surface area contributed by atoms with Crippen molar-refractivity contribution in [2.75, 3.05) is 6.54 Å². The predicted molar refractivity (Wildman–Crippen MR) is 60.5 cm³/mol. The molecule has 0 bridgehead atoms. The molecule has 5 heteroatoms. The van der Waals surface area contributed by atoms with Crippen LogP contribution in [0.15, 0.2) is 10.4 Å². The van der Waals surface area contributed by atoms with Gasteiger partial charge in [-0.25, -0.2) is 9.98 Å². The lowest BCUT2D eigenvalue weighted by atomic mass is 10.5. The maximum atomic E-state index is 5.63. The Labute approximate surface area is 88.3 Å². The van der Waals surface area contributed by atoms with Gasteiger partial charge in [0.15, 0.2) is 5.96 Å². The fraction of sp³-hybridized carbons (Fsp3) is 0.556. The van der Waals surface area contributed by atoms with E-state index < -0.39 is 0 Å². The molecular weight excluding hydrogens is 196 g/mol. The summed E-state index contributed by atoms with van der Waals surface area (Å²) in [6.07, 6.45) is 1.05. The van der Waals surface area contributed by atoms with Crippen molar-refractivity contribution < 1.29 is 0 Å². The van der Waals surface area contributed by atoms with Gasteiger partial charge in [-0.15, -0.1) is 11.3 Å². The van der Waals surface area contributed by atoms with Crippen molar-refractivity contribution in [3.63, 3.8) is 0 Å². The molecule has 0 radical (unpaired) electrons. The molecule has 0 amide bonds. The lowest BCUT2D eigenvalue weighted by molar-refractivity contribution is 0.823. The number of hydrogen-bond donors (Lipinski definition) is 2. The second kappa shape index (κ2) is 5.59. The molecule has 1 heterocycles. The molecule has 0 aliphatic carbocycles. The first-order valence-electron chi connectivity index (χ1n) is 4.67. The van der Waals surface area contributed by atoms with Crippen molar-refractivity contribution in [1.29, 1.82) is 0 Å². The first-order chi connectivity index (χ1) is 6.72. The van der Waals surface area contributed by atoms with Crippen molar-refractivity contribution in [2.24, 2.45) is 10.7 Å². The average Bonchev–Trinajstić information content (AvgIpc) is 2.58. The Morgan fingerprint density at radius 3 is 3.07 bits per heavy atom. The number of nitrogens with one attached hydrogen (secondary N) is 1. The van der Waals surface area contributed by atoms with Crippen LogP contribution in [0.3, 0.4) is 0 Å². The predicted octanol–water partition coefficient (Wildman–Crippen LogP) is 1.27. The minimum absolute atomic E-state index is 0.498. The Kier molecular flexibility index (Phi) is 4.39. The van der Waals surface area contributed by atoms with E-state index in [1.807, 2.05) is 12.3 Å². The number of guanidine groups is 1. The van der Waals surface area contributed by atoms with E-state index in [0.29, 0.717) is 12.5 Å². The Hall–Kier alpha value is -1.10. The Morgan fingerprint density at radius 2 is 2.50 bits per heavy atom. The van der Waals surface area contributed by atoms with E-state index >= 15 is 0 Å². The molecule has 3 N–H and O–H groups in total. The molecule has 1 rings (SSSR count). The molecule has 0 aliphatic heterocycles. The molecule has 0 atom stereocenters. The number of aliphatic imine (C=N–C) groups is 1. The zero-order chi connectivity index (χ0) is 10.4. The molecule has 0 saturated carbocycles. The largest absolute Gasteiger partial charge is 0.370 e. The van der Waals surface area contributed by atoms with Gasteiger partial charge in [0.25, 0.3) is 0 Å². The van der Waals surface area contributed by atoms with Crippen molar-refractivity contribution in [3.8, 4) is 0 Å². The summed E-state index contributed by atoms with van der Waals surface area (Å²) in [6, 6.07) is 0. The Balaban J connectivity index is 2.38. The second-order valence-corrected chi connectivity index (χ2v) is 4.05. The molecular formula is C9H16N4S. The number of aromatic nitrogens is 1. The highest BCUT2D eigenvalue weighted by atomic mass is 32.1. The Morgan fingerprint density at radius 1 is 1.71 bits per heavy atom. The standard InChI is InChI=1S/C9H16N4S/c1-3-4-11-9(10)12-5-8-6-14-7(2)13-8/h6H,3-5H2,1-2H3,(H3,10,11,12). The van der Waals surface area contributed by atoms with Crippen LogP contribution in [0, 0.1) is 6.92 Å². The molecule has 1 aromatic heterocycles. The first-order valence-corrected chi connectivity index (χ1v) is 5.55. The van der Waals surface area contributed by atoms with E-state index in [1.165, 1.54) is 0 Å². The fourth-order valence-electron chi connectivity index (χ4n) is 0.956. The van der Waals surface area contributed by atoms with Crippen LogP contribution in [-0.4, -0.2) is 17.5 Å². The van der Waals surface area contributed by atoms with Gasteiger partial charge in [-0.1, -0.05) is 6.92 Å². The maximum absolute atomic E-state index is 5.63. The summed E-state index contributed by atoms with van der Waals surface area (Å²) < 4.78 is 0. The lowest BCUT2D eigenvalue weighted by Crippen LogP contribution is -2.32. The molecule has 4 nitrogen and oxygen atoms in total. The van der Waals surface area contributed by atoms with Gasteiger partial charge in [-0.3, -0.25) is 0 Å². The highest BCUT2D eigenvalue weighted by Gasteiger charge is 1.96. The minimum atomic E-state index is 0.498. The third-order valence-electron chi connectivity index (χ3n) is 1.63. The van der Waals surface area contributed by atoms with Gasteiger partial charge in [0.05, 0.1) is 17.2 Å². The summed E-state index contributed by atoms with van der Waals surface area (Å²) in [5, 5.41) is 6.08. The van der Waals surface area contributed by atoms with Gasteiger partial charge in [0.1, 0.15) is 0 Å². The van der Waals surface area contributed by atoms with E-state index in [1.54, 1.807) is 11.3 Å². The molecule has 0 aliphatic rings. The number of nitrogens with two attached hydrogens (primary N) is 1. The highest BCUT2D eigenvalue weighted by molar-refractivity contribution is 7.09. The van der Waals surface area contributed by atoms with Gasteiger partial charge in [0, 0.05) is 11.9 Å². The Bertz CT molecular complexity index is 306. The van der Waals surface area contributed by atoms with E-state index in [0.717, 1.165) is 23.7 Å². The average molecular weight is 212 g/mol. The smallest absolute Gasteiger partial charge is 0.188 e. The van der Waals surface area contributed by atoms with Gasteiger partial charge in [-0.2, -0.15) is 0 Å². The van der Waals surface area contributed by atoms with Gasteiger partial charge in [-0.05, 0) is 13.3 Å². The summed E-state index contributed by atoms with van der Waals surface area (Å²) in [7, 11) is 0. The lowest BCUT2D eigenvalue weighted by Gasteiger charge is -2.01. The van der Waals surface area contributed by atoms with Crippen molar-refractivity contribution in [2.45, 2.75) is 26.8 Å². The molecule has 0 aromatic carbocycles. The quantitative estimate of drug-likeness (QED) is 0.583. The fourth-order valence-corrected chi connectivity index (χ4v) is 1.56. The number of thiazole rings is 1. The van der Waals surface area contributed by atoms with Crippen LogP contribution < -0.4 is 11.1 Å². The van der Waals surface area contributed by atoms with E-state index in [9.17, 15) is 0 Å². The molecule has 0 spiro atoms. The van der Waals surface area contributed by atoms with Gasteiger partial charge < -0.3 is 11.1 Å². The maximum Gasteiger partial charge on any atom is 0.188 e. The molecule has 14 heavy (non-hydrogen) atoms. The van der Waals surface area contributed by atoms with Crippen LogP contribution in [0.2, 0.25) is 0 Å². The van der Waals surface area contributed by atoms with Crippen LogP contribution in [0.1, 0.15) is 24.0 Å². The summed E-state index contributed by atoms with van der Waals surface area (Å²) in [5.74, 6) is 0.498. The minimum Gasteiger partial charge on any atom is -0.370 e. The van der Waals surface area contributed by atoms with E-state index in [4.69, 9.17) is 5.73 Å². The highest BCUT2D eigenvalue weighted by Crippen LogP contribution is 2.08. The van der Waals surface area contributed by atoms with Crippen molar-refractivity contribution in [1.82, 2.24) is 10.3 Å². The summed E-state index contributed by atoms with van der Waals surface area (Å²) in [6.45, 7) is 5.50. The number of nitrogens with zero attached hydrogens (tertiary/aromatic N) is 2. The first kappa shape index (κ1) is 11.0. The molecule has 0 fully saturated rings. The zero-order valence-electron chi connectivity index (χ0n) is 8.58. The summed E-state index contributed by atoms with van der Waals surface area (Å²) in [4.78, 5) is 8.46. The van der Waals surface area contributed by atoms with Crippen LogP contribution in [-0.2, 0) is 6.54 Å². The van der Waals surface area contributed by atoms with Gasteiger partial charge >= 0.3 is 0 Å². The van der Waals surface area contributed by atoms with Crippen LogP contribution in [0.4, 0.5) is 0 Å². The second-order valence-electron chi connectivity index (χ2n) is 2.99. The van der Waals surface area contributed by atoms with Crippen molar-refractivity contribution in [3.05, 3.63) is 16.1 Å². The monoisotopic (exact) mass is 212 g/mol. The van der Waals surface area contributed by atoms with E-state index in [2.05, 4.69) is 22.2 Å². The van der Waals surface area contributed by atoms with Crippen molar-refractivity contribution >= 4 is 17.3 Å². The third-order valence-corrected chi connectivity index (χ3v) is 2.46. The van der Waals surface area contributed by atoms with E-state index in [-0.39, 0.29) is 0 Å². The molecule has 78 valence electrons. The van der Waals surface area contributed by atoms with Crippen LogP contribution in [0.5, 0.6) is 0 Å². The normalized spacial score (nSPS) is 11.7. The molecule has 1 aromatic rings. The summed E-state index contributed by atoms with van der Waals surface area (Å²) >= 11 is 1.63.